The highest BCUT2D eigenvalue weighted by Gasteiger charge is 2.33. The van der Waals surface area contributed by atoms with Gasteiger partial charge >= 0.3 is 6.18 Å². The highest BCUT2D eigenvalue weighted by molar-refractivity contribution is 6.34. The molecule has 1 nitrogen and oxygen atoms in total. The van der Waals surface area contributed by atoms with Gasteiger partial charge in [0.25, 0.3) is 0 Å². The zero-order valence-electron chi connectivity index (χ0n) is 7.65. The Kier molecular flexibility index (Phi) is 2.50. The van der Waals surface area contributed by atoms with Gasteiger partial charge in [0.2, 0.25) is 0 Å². The molecule has 1 heterocycles. The molecule has 0 aliphatic carbocycles. The summed E-state index contributed by atoms with van der Waals surface area (Å²) in [6, 6.07) is 4.16. The molecule has 0 radical (unpaired) electrons. The lowest BCUT2D eigenvalue weighted by Crippen LogP contribution is -2.08. The van der Waals surface area contributed by atoms with Crippen LogP contribution >= 0.6 is 11.6 Å². The number of alkyl halides is 3. The van der Waals surface area contributed by atoms with Crippen molar-refractivity contribution >= 4 is 22.4 Å². The lowest BCUT2D eigenvalue weighted by molar-refractivity contribution is -0.141. The van der Waals surface area contributed by atoms with Gasteiger partial charge in [0.05, 0.1) is 0 Å². The summed E-state index contributed by atoms with van der Waals surface area (Å²) in [5, 5.41) is 0.0771. The minimum absolute atomic E-state index is 0.0762. The molecule has 2 rings (SSSR count). The predicted octanol–water partition coefficient (Wildman–Crippen LogP) is 4.05. The molecular formula is C10H4ClF4N. The van der Waals surface area contributed by atoms with Gasteiger partial charge in [-0.15, -0.1) is 0 Å². The van der Waals surface area contributed by atoms with Crippen LogP contribution in [0.1, 0.15) is 5.69 Å². The van der Waals surface area contributed by atoms with Crippen LogP contribution in [0.3, 0.4) is 0 Å². The van der Waals surface area contributed by atoms with Gasteiger partial charge in [-0.05, 0) is 29.7 Å². The smallest absolute Gasteiger partial charge is 0.231 e. The number of rotatable bonds is 0. The van der Waals surface area contributed by atoms with Crippen LogP contribution in [0.2, 0.25) is 5.15 Å². The van der Waals surface area contributed by atoms with E-state index in [-0.39, 0.29) is 15.9 Å². The van der Waals surface area contributed by atoms with Gasteiger partial charge in [0.1, 0.15) is 16.7 Å². The van der Waals surface area contributed by atoms with Gasteiger partial charge < -0.3 is 0 Å². The Morgan fingerprint density at radius 2 is 1.81 bits per heavy atom. The summed E-state index contributed by atoms with van der Waals surface area (Å²) in [6.07, 6.45) is -4.59. The molecule has 0 spiro atoms. The van der Waals surface area contributed by atoms with Crippen molar-refractivity contribution < 1.29 is 17.6 Å². The average Bonchev–Trinajstić information content (AvgIpc) is 2.15. The third-order valence-electron chi connectivity index (χ3n) is 2.04. The maximum absolute atomic E-state index is 12.9. The Hall–Kier alpha value is -1.36. The number of nitrogens with zero attached hydrogens (tertiary/aromatic N) is 1. The second-order valence-electron chi connectivity index (χ2n) is 3.16. The molecule has 84 valence electrons. The molecule has 0 saturated carbocycles. The first kappa shape index (κ1) is 11.1. The van der Waals surface area contributed by atoms with Gasteiger partial charge in [-0.3, -0.25) is 0 Å². The second kappa shape index (κ2) is 3.59. The summed E-state index contributed by atoms with van der Waals surface area (Å²) in [7, 11) is 0. The zero-order chi connectivity index (χ0) is 11.9. The van der Waals surface area contributed by atoms with Crippen molar-refractivity contribution in [1.29, 1.82) is 0 Å². The van der Waals surface area contributed by atoms with Crippen LogP contribution in [0.25, 0.3) is 10.8 Å². The Balaban J connectivity index is 2.75. The van der Waals surface area contributed by atoms with E-state index in [1.165, 1.54) is 6.07 Å². The number of hydrogen-bond acceptors (Lipinski definition) is 1. The highest BCUT2D eigenvalue weighted by Crippen LogP contribution is 2.32. The average molecular weight is 250 g/mol. The van der Waals surface area contributed by atoms with Crippen molar-refractivity contribution in [3.8, 4) is 0 Å². The lowest BCUT2D eigenvalue weighted by atomic mass is 10.1. The molecule has 1 aromatic carbocycles. The largest absolute Gasteiger partial charge is 0.433 e. The summed E-state index contributed by atoms with van der Waals surface area (Å²) in [5.74, 6) is -0.622. The van der Waals surface area contributed by atoms with Crippen molar-refractivity contribution in [3.05, 3.63) is 40.9 Å². The van der Waals surface area contributed by atoms with Crippen LogP contribution < -0.4 is 0 Å². The standard InChI is InChI=1S/C10H4ClF4N/c11-9-7-2-1-6(12)3-5(7)4-8(16-9)10(13,14)15/h1-4H. The maximum Gasteiger partial charge on any atom is 0.433 e. The summed E-state index contributed by atoms with van der Waals surface area (Å²) < 4.78 is 50.0. The van der Waals surface area contributed by atoms with E-state index in [0.29, 0.717) is 0 Å². The van der Waals surface area contributed by atoms with Gasteiger partial charge in [-0.2, -0.15) is 13.2 Å². The molecule has 0 N–H and O–H groups in total. The molecule has 0 amide bonds. The predicted molar refractivity (Wildman–Crippen MR) is 51.7 cm³/mol. The second-order valence-corrected chi connectivity index (χ2v) is 3.52. The molecule has 0 aliphatic rings. The van der Waals surface area contributed by atoms with E-state index < -0.39 is 17.7 Å². The fraction of sp³-hybridized carbons (Fsp3) is 0.100. The van der Waals surface area contributed by atoms with Gasteiger partial charge in [-0.25, -0.2) is 9.37 Å². The molecule has 1 aromatic heterocycles. The third-order valence-corrected chi connectivity index (χ3v) is 2.33. The number of benzene rings is 1. The van der Waals surface area contributed by atoms with E-state index in [0.717, 1.165) is 18.2 Å². The van der Waals surface area contributed by atoms with Gasteiger partial charge in [-0.1, -0.05) is 11.6 Å². The van der Waals surface area contributed by atoms with E-state index in [4.69, 9.17) is 11.6 Å². The van der Waals surface area contributed by atoms with Crippen LogP contribution in [-0.4, -0.2) is 4.98 Å². The molecule has 0 aliphatic heterocycles. The number of pyridine rings is 1. The minimum atomic E-state index is -4.59. The molecule has 0 unspecified atom stereocenters. The zero-order valence-corrected chi connectivity index (χ0v) is 8.40. The topological polar surface area (TPSA) is 12.9 Å². The fourth-order valence-corrected chi connectivity index (χ4v) is 1.59. The summed E-state index contributed by atoms with van der Waals surface area (Å²) in [6.45, 7) is 0. The quantitative estimate of drug-likeness (QED) is 0.507. The minimum Gasteiger partial charge on any atom is -0.231 e. The van der Waals surface area contributed by atoms with E-state index >= 15 is 0 Å². The molecule has 16 heavy (non-hydrogen) atoms. The van der Waals surface area contributed by atoms with Gasteiger partial charge in [0.15, 0.2) is 0 Å². The van der Waals surface area contributed by atoms with Crippen molar-refractivity contribution in [1.82, 2.24) is 4.98 Å². The van der Waals surface area contributed by atoms with Crippen molar-refractivity contribution in [2.24, 2.45) is 0 Å². The summed E-state index contributed by atoms with van der Waals surface area (Å²) in [5.41, 5.74) is -1.13. The SMILES string of the molecule is Fc1ccc2c(Cl)nc(C(F)(F)F)cc2c1. The first-order valence-electron chi connectivity index (χ1n) is 4.21. The molecule has 0 saturated heterocycles. The number of hydrogen-bond donors (Lipinski definition) is 0. The third kappa shape index (κ3) is 1.95. The van der Waals surface area contributed by atoms with Crippen LogP contribution in [0.15, 0.2) is 24.3 Å². The van der Waals surface area contributed by atoms with Crippen molar-refractivity contribution in [3.63, 3.8) is 0 Å². The molecule has 2 aromatic rings. The number of fused-ring (bicyclic) bond motifs is 1. The summed E-state index contributed by atoms with van der Waals surface area (Å²) in [4.78, 5) is 3.22. The van der Waals surface area contributed by atoms with E-state index in [9.17, 15) is 17.6 Å². The van der Waals surface area contributed by atoms with E-state index in [1.807, 2.05) is 0 Å². The molecule has 0 fully saturated rings. The highest BCUT2D eigenvalue weighted by atomic mass is 35.5. The molecular weight excluding hydrogens is 246 g/mol. The van der Waals surface area contributed by atoms with Crippen LogP contribution in [0.4, 0.5) is 17.6 Å². The fourth-order valence-electron chi connectivity index (χ4n) is 1.33. The Bertz CT molecular complexity index is 550. The Morgan fingerprint density at radius 3 is 2.44 bits per heavy atom. The van der Waals surface area contributed by atoms with E-state index in [1.54, 1.807) is 0 Å². The first-order chi connectivity index (χ1) is 7.38. The Morgan fingerprint density at radius 1 is 1.12 bits per heavy atom. The summed E-state index contributed by atoms with van der Waals surface area (Å²) >= 11 is 5.59. The van der Waals surface area contributed by atoms with Crippen LogP contribution in [0, 0.1) is 5.82 Å². The maximum atomic E-state index is 12.9. The van der Waals surface area contributed by atoms with Gasteiger partial charge in [0, 0.05) is 5.39 Å². The molecule has 6 heteroatoms. The van der Waals surface area contributed by atoms with Crippen LogP contribution in [0.5, 0.6) is 0 Å². The molecule has 0 atom stereocenters. The monoisotopic (exact) mass is 249 g/mol. The Labute approximate surface area is 92.7 Å². The van der Waals surface area contributed by atoms with Crippen LogP contribution in [-0.2, 0) is 6.18 Å². The normalized spacial score (nSPS) is 12.1. The number of halogens is 5. The first-order valence-corrected chi connectivity index (χ1v) is 4.59. The van der Waals surface area contributed by atoms with Crippen molar-refractivity contribution in [2.45, 2.75) is 6.18 Å². The van der Waals surface area contributed by atoms with Crippen molar-refractivity contribution in [2.75, 3.05) is 0 Å². The lowest BCUT2D eigenvalue weighted by Gasteiger charge is -2.08. The number of aromatic nitrogens is 1. The molecule has 0 bridgehead atoms. The van der Waals surface area contributed by atoms with E-state index in [2.05, 4.69) is 4.98 Å².